The molecular weight excluding hydrogens is 366 g/mol. The Morgan fingerprint density at radius 2 is 2.22 bits per heavy atom. The van der Waals surface area contributed by atoms with Crippen molar-refractivity contribution in [1.29, 1.82) is 0 Å². The summed E-state index contributed by atoms with van der Waals surface area (Å²) < 4.78 is 26.8. The molecule has 0 atom stereocenters. The van der Waals surface area contributed by atoms with Crippen LogP contribution in [0, 0.1) is 0 Å². The van der Waals surface area contributed by atoms with Crippen LogP contribution in [0.3, 0.4) is 0 Å². The van der Waals surface area contributed by atoms with Gasteiger partial charge >= 0.3 is 0 Å². The molecule has 0 aromatic carbocycles. The van der Waals surface area contributed by atoms with E-state index in [0.29, 0.717) is 3.79 Å². The number of rotatable bonds is 3. The number of nitrogens with zero attached hydrogens (tertiary/aromatic N) is 1. The van der Waals surface area contributed by atoms with Crippen LogP contribution in [0.25, 0.3) is 0 Å². The first-order chi connectivity index (χ1) is 8.38. The van der Waals surface area contributed by atoms with Crippen LogP contribution in [0.4, 0.5) is 5.13 Å². The molecule has 0 aliphatic heterocycles. The molecule has 2 rings (SSSR count). The van der Waals surface area contributed by atoms with Crippen LogP contribution in [-0.4, -0.2) is 18.4 Å². The fourth-order valence-electron chi connectivity index (χ4n) is 1.07. The zero-order valence-corrected chi connectivity index (χ0v) is 12.5. The van der Waals surface area contributed by atoms with Crippen LogP contribution >= 0.6 is 38.9 Å². The molecule has 0 saturated heterocycles. The molecule has 2 aromatic rings. The van der Waals surface area contributed by atoms with E-state index in [1.54, 1.807) is 0 Å². The topological polar surface area (TPSA) is 91.9 Å². The molecule has 18 heavy (non-hydrogen) atoms. The lowest BCUT2D eigenvalue weighted by Crippen LogP contribution is -2.15. The molecule has 0 saturated carbocycles. The first-order valence-electron chi connectivity index (χ1n) is 4.41. The van der Waals surface area contributed by atoms with Crippen molar-refractivity contribution in [2.24, 2.45) is 0 Å². The number of hydrogen-bond donors (Lipinski definition) is 2. The number of H-pyrrole nitrogens is 1. The van der Waals surface area contributed by atoms with Gasteiger partial charge in [0, 0.05) is 6.20 Å². The fraction of sp³-hybridized carbons (Fsp3) is 0. The molecule has 0 aliphatic rings. The first-order valence-corrected chi connectivity index (χ1v) is 7.88. The third kappa shape index (κ3) is 2.91. The van der Waals surface area contributed by atoms with Gasteiger partial charge in [-0.05, 0) is 22.0 Å². The van der Waals surface area contributed by atoms with Crippen molar-refractivity contribution >= 4 is 54.0 Å². The first kappa shape index (κ1) is 13.5. The van der Waals surface area contributed by atoms with E-state index in [1.807, 2.05) is 0 Å². The monoisotopic (exact) mass is 369 g/mol. The molecule has 2 N–H and O–H groups in total. The van der Waals surface area contributed by atoms with Crippen molar-refractivity contribution in [2.75, 3.05) is 4.72 Å². The summed E-state index contributed by atoms with van der Waals surface area (Å²) in [7, 11) is -3.82. The van der Waals surface area contributed by atoms with E-state index in [4.69, 9.17) is 11.6 Å². The molecule has 2 heterocycles. The minimum Gasteiger partial charge on any atom is -0.326 e. The van der Waals surface area contributed by atoms with Crippen molar-refractivity contribution in [2.45, 2.75) is 4.90 Å². The zero-order chi connectivity index (χ0) is 13.3. The van der Waals surface area contributed by atoms with Gasteiger partial charge in [0.25, 0.3) is 15.6 Å². The maximum Gasteiger partial charge on any atom is 0.266 e. The summed E-state index contributed by atoms with van der Waals surface area (Å²) in [5.74, 6) is 0. The van der Waals surface area contributed by atoms with Crippen molar-refractivity contribution in [1.82, 2.24) is 9.97 Å². The van der Waals surface area contributed by atoms with Crippen LogP contribution in [-0.2, 0) is 10.0 Å². The second-order valence-corrected chi connectivity index (χ2v) is 7.59. The van der Waals surface area contributed by atoms with Gasteiger partial charge in [-0.1, -0.05) is 22.9 Å². The van der Waals surface area contributed by atoms with Crippen LogP contribution in [0.5, 0.6) is 0 Å². The Bertz CT molecular complexity index is 740. The average molecular weight is 371 g/mol. The normalized spacial score (nSPS) is 11.4. The summed E-state index contributed by atoms with van der Waals surface area (Å²) in [6, 6.07) is 1.07. The van der Waals surface area contributed by atoms with Crippen molar-refractivity contribution in [3.05, 3.63) is 37.6 Å². The molecule has 2 aromatic heterocycles. The van der Waals surface area contributed by atoms with E-state index in [2.05, 4.69) is 30.6 Å². The minimum atomic E-state index is -3.82. The third-order valence-corrected chi connectivity index (χ3v) is 4.96. The number of anilines is 1. The van der Waals surface area contributed by atoms with E-state index >= 15 is 0 Å². The zero-order valence-electron chi connectivity index (χ0n) is 8.48. The Hall–Kier alpha value is -0.900. The van der Waals surface area contributed by atoms with E-state index in [0.717, 1.165) is 23.6 Å². The SMILES string of the molecule is O=c1[nH]cc(S(=O)(=O)Nc2ncc(Br)s2)cc1Cl. The van der Waals surface area contributed by atoms with Gasteiger partial charge in [0.2, 0.25) is 0 Å². The Labute approximate surface area is 119 Å². The predicted octanol–water partition coefficient (Wildman–Crippen LogP) is 2.05. The molecule has 6 nitrogen and oxygen atoms in total. The second-order valence-electron chi connectivity index (χ2n) is 3.09. The van der Waals surface area contributed by atoms with E-state index in [-0.39, 0.29) is 15.0 Å². The lowest BCUT2D eigenvalue weighted by molar-refractivity contribution is 0.600. The average Bonchev–Trinajstić information content (AvgIpc) is 2.67. The van der Waals surface area contributed by atoms with Gasteiger partial charge in [0.1, 0.15) is 9.92 Å². The number of aromatic amines is 1. The van der Waals surface area contributed by atoms with Gasteiger partial charge in [-0.3, -0.25) is 9.52 Å². The van der Waals surface area contributed by atoms with Crippen LogP contribution in [0.2, 0.25) is 5.02 Å². The van der Waals surface area contributed by atoms with Crippen LogP contribution in [0.1, 0.15) is 0 Å². The molecule has 96 valence electrons. The van der Waals surface area contributed by atoms with Gasteiger partial charge < -0.3 is 4.98 Å². The Morgan fingerprint density at radius 1 is 1.50 bits per heavy atom. The van der Waals surface area contributed by atoms with Gasteiger partial charge in [0.15, 0.2) is 5.13 Å². The summed E-state index contributed by atoms with van der Waals surface area (Å²) in [5, 5.41) is 0.0161. The number of pyridine rings is 1. The summed E-state index contributed by atoms with van der Waals surface area (Å²) in [6.45, 7) is 0. The number of thiazole rings is 1. The second kappa shape index (κ2) is 5.00. The molecule has 0 amide bonds. The molecular formula is C8H5BrClN3O3S2. The molecule has 0 bridgehead atoms. The van der Waals surface area contributed by atoms with Gasteiger partial charge in [-0.2, -0.15) is 0 Å². The number of sulfonamides is 1. The number of aromatic nitrogens is 2. The van der Waals surface area contributed by atoms with Crippen LogP contribution < -0.4 is 10.3 Å². The summed E-state index contributed by atoms with van der Waals surface area (Å²) in [4.78, 5) is 17.0. The fourth-order valence-corrected chi connectivity index (χ4v) is 3.65. The molecule has 0 aliphatic carbocycles. The Kier molecular flexibility index (Phi) is 3.76. The predicted molar refractivity (Wildman–Crippen MR) is 72.7 cm³/mol. The number of hydrogen-bond acceptors (Lipinski definition) is 5. The maximum atomic E-state index is 11.9. The van der Waals surface area contributed by atoms with E-state index in [9.17, 15) is 13.2 Å². The van der Waals surface area contributed by atoms with E-state index < -0.39 is 15.6 Å². The largest absolute Gasteiger partial charge is 0.326 e. The van der Waals surface area contributed by atoms with Gasteiger partial charge in [-0.15, -0.1) is 0 Å². The van der Waals surface area contributed by atoms with Crippen molar-refractivity contribution < 1.29 is 8.42 Å². The molecule has 0 unspecified atom stereocenters. The number of halogens is 2. The molecule has 10 heteroatoms. The van der Waals surface area contributed by atoms with Gasteiger partial charge in [-0.25, -0.2) is 13.4 Å². The summed E-state index contributed by atoms with van der Waals surface area (Å²) in [5.41, 5.74) is -0.549. The lowest BCUT2D eigenvalue weighted by Gasteiger charge is -2.04. The Morgan fingerprint density at radius 3 is 2.78 bits per heavy atom. The molecule has 0 spiro atoms. The highest BCUT2D eigenvalue weighted by Gasteiger charge is 2.17. The smallest absolute Gasteiger partial charge is 0.266 e. The molecule has 0 radical (unpaired) electrons. The van der Waals surface area contributed by atoms with Gasteiger partial charge in [0.05, 0.1) is 9.98 Å². The van der Waals surface area contributed by atoms with Crippen molar-refractivity contribution in [3.8, 4) is 0 Å². The third-order valence-electron chi connectivity index (χ3n) is 1.84. The highest BCUT2D eigenvalue weighted by atomic mass is 79.9. The Balaban J connectivity index is 2.36. The molecule has 0 fully saturated rings. The standard InChI is InChI=1S/C8H5BrClN3O3S2/c9-6-3-12-8(17-6)13-18(15,16)4-1-5(10)7(14)11-2-4/h1-3H,(H,11,14)(H,12,13). The number of nitrogens with one attached hydrogen (secondary N) is 2. The highest BCUT2D eigenvalue weighted by Crippen LogP contribution is 2.25. The summed E-state index contributed by atoms with van der Waals surface area (Å²) >= 11 is 9.87. The maximum absolute atomic E-state index is 11.9. The lowest BCUT2D eigenvalue weighted by atomic mass is 10.5. The summed E-state index contributed by atoms with van der Waals surface area (Å²) in [6.07, 6.45) is 2.54. The van der Waals surface area contributed by atoms with Crippen molar-refractivity contribution in [3.63, 3.8) is 0 Å². The minimum absolute atomic E-state index is 0.140. The quantitative estimate of drug-likeness (QED) is 0.865. The highest BCUT2D eigenvalue weighted by molar-refractivity contribution is 9.11. The van der Waals surface area contributed by atoms with Crippen LogP contribution in [0.15, 0.2) is 31.9 Å². The van der Waals surface area contributed by atoms with E-state index in [1.165, 1.54) is 6.20 Å².